The zero-order valence-electron chi connectivity index (χ0n) is 10.3. The maximum Gasteiger partial charge on any atom is 0.241 e. The quantitative estimate of drug-likeness (QED) is 0.870. The van der Waals surface area contributed by atoms with Crippen molar-refractivity contribution in [3.63, 3.8) is 0 Å². The number of benzene rings is 1. The Morgan fingerprint density at radius 3 is 2.68 bits per heavy atom. The molecule has 19 heavy (non-hydrogen) atoms. The van der Waals surface area contributed by atoms with E-state index in [2.05, 4.69) is 10.4 Å². The van der Waals surface area contributed by atoms with Crippen molar-refractivity contribution in [1.82, 2.24) is 15.1 Å². The standard InChI is InChI=1S/C13H15ClN4O/c14-11-3-1-10(2-4-11)5-7-16-13(19)9-18-8-6-12(15)17-18/h1-4,6,8H,5,7,9H2,(H2,15,17)(H,16,19). The summed E-state index contributed by atoms with van der Waals surface area (Å²) in [6.45, 7) is 0.759. The molecule has 0 radical (unpaired) electrons. The zero-order valence-corrected chi connectivity index (χ0v) is 11.1. The molecule has 0 fully saturated rings. The summed E-state index contributed by atoms with van der Waals surface area (Å²) in [6, 6.07) is 9.23. The summed E-state index contributed by atoms with van der Waals surface area (Å²) in [7, 11) is 0. The van der Waals surface area contributed by atoms with Crippen molar-refractivity contribution in [3.8, 4) is 0 Å². The molecule has 3 N–H and O–H groups in total. The van der Waals surface area contributed by atoms with Crippen LogP contribution >= 0.6 is 11.6 Å². The van der Waals surface area contributed by atoms with Crippen molar-refractivity contribution < 1.29 is 4.79 Å². The van der Waals surface area contributed by atoms with Crippen LogP contribution in [0, 0.1) is 0 Å². The molecule has 1 amide bonds. The molecule has 5 nitrogen and oxygen atoms in total. The summed E-state index contributed by atoms with van der Waals surface area (Å²) < 4.78 is 1.51. The van der Waals surface area contributed by atoms with Crippen LogP contribution in [0.1, 0.15) is 5.56 Å². The third-order valence-electron chi connectivity index (χ3n) is 2.62. The van der Waals surface area contributed by atoms with Crippen molar-refractivity contribution in [1.29, 1.82) is 0 Å². The van der Waals surface area contributed by atoms with Crippen molar-refractivity contribution in [3.05, 3.63) is 47.1 Å². The van der Waals surface area contributed by atoms with Crippen LogP contribution in [0.4, 0.5) is 5.82 Å². The second-order valence-corrected chi connectivity index (χ2v) is 4.60. The molecule has 1 heterocycles. The fraction of sp³-hybridized carbons (Fsp3) is 0.231. The summed E-state index contributed by atoms with van der Waals surface area (Å²) >= 11 is 5.80. The Kier molecular flexibility index (Phi) is 4.41. The molecule has 1 aromatic heterocycles. The predicted octanol–water partition coefficient (Wildman–Crippen LogP) is 1.48. The maximum absolute atomic E-state index is 11.6. The van der Waals surface area contributed by atoms with Gasteiger partial charge < -0.3 is 11.1 Å². The van der Waals surface area contributed by atoms with Crippen molar-refractivity contribution >= 4 is 23.3 Å². The van der Waals surface area contributed by atoms with Gasteiger partial charge in [0.05, 0.1) is 0 Å². The number of rotatable bonds is 5. The van der Waals surface area contributed by atoms with Crippen LogP contribution in [0.15, 0.2) is 36.5 Å². The van der Waals surface area contributed by atoms with Gasteiger partial charge in [-0.2, -0.15) is 5.10 Å². The molecule has 0 aliphatic heterocycles. The SMILES string of the molecule is Nc1ccn(CC(=O)NCCc2ccc(Cl)cc2)n1. The highest BCUT2D eigenvalue weighted by Crippen LogP contribution is 2.09. The van der Waals surface area contributed by atoms with Crippen LogP contribution in [0.2, 0.25) is 5.02 Å². The monoisotopic (exact) mass is 278 g/mol. The number of anilines is 1. The molecule has 1 aromatic carbocycles. The first-order chi connectivity index (χ1) is 9.13. The van der Waals surface area contributed by atoms with Crippen molar-refractivity contribution in [2.75, 3.05) is 12.3 Å². The number of nitrogens with two attached hydrogens (primary N) is 1. The Hall–Kier alpha value is -2.01. The smallest absolute Gasteiger partial charge is 0.241 e. The Balaban J connectivity index is 1.73. The highest BCUT2D eigenvalue weighted by molar-refractivity contribution is 6.30. The van der Waals surface area contributed by atoms with Gasteiger partial charge in [-0.15, -0.1) is 0 Å². The third-order valence-corrected chi connectivity index (χ3v) is 2.87. The molecule has 0 unspecified atom stereocenters. The molecule has 0 saturated carbocycles. The fourth-order valence-corrected chi connectivity index (χ4v) is 1.79. The van der Waals surface area contributed by atoms with Gasteiger partial charge in [-0.05, 0) is 30.2 Å². The lowest BCUT2D eigenvalue weighted by Crippen LogP contribution is -2.29. The number of nitrogens with one attached hydrogen (secondary N) is 1. The van der Waals surface area contributed by atoms with Crippen molar-refractivity contribution in [2.24, 2.45) is 0 Å². The average molecular weight is 279 g/mol. The van der Waals surface area contributed by atoms with E-state index >= 15 is 0 Å². The van der Waals surface area contributed by atoms with E-state index < -0.39 is 0 Å². The van der Waals surface area contributed by atoms with Gasteiger partial charge in [0.15, 0.2) is 0 Å². The average Bonchev–Trinajstić information content (AvgIpc) is 2.77. The first-order valence-corrected chi connectivity index (χ1v) is 6.31. The molecule has 0 bridgehead atoms. The molecule has 0 aliphatic carbocycles. The maximum atomic E-state index is 11.6. The summed E-state index contributed by atoms with van der Waals surface area (Å²) in [5.41, 5.74) is 6.60. The van der Waals surface area contributed by atoms with Gasteiger partial charge in [0.2, 0.25) is 5.91 Å². The Labute approximate surface area is 116 Å². The summed E-state index contributed by atoms with van der Waals surface area (Å²) in [4.78, 5) is 11.6. The lowest BCUT2D eigenvalue weighted by atomic mass is 10.1. The van der Waals surface area contributed by atoms with Crippen LogP contribution in [0.25, 0.3) is 0 Å². The lowest BCUT2D eigenvalue weighted by molar-refractivity contribution is -0.121. The topological polar surface area (TPSA) is 72.9 Å². The lowest BCUT2D eigenvalue weighted by Gasteiger charge is -2.05. The number of carbonyl (C=O) groups is 1. The van der Waals surface area contributed by atoms with E-state index in [1.807, 2.05) is 24.3 Å². The highest BCUT2D eigenvalue weighted by atomic mass is 35.5. The summed E-state index contributed by atoms with van der Waals surface area (Å²) in [5.74, 6) is 0.325. The normalized spacial score (nSPS) is 10.4. The van der Waals surface area contributed by atoms with Crippen LogP contribution in [0.3, 0.4) is 0 Å². The molecule has 2 aromatic rings. The van der Waals surface area contributed by atoms with Crippen molar-refractivity contribution in [2.45, 2.75) is 13.0 Å². The Morgan fingerprint density at radius 2 is 2.05 bits per heavy atom. The van der Waals surface area contributed by atoms with Gasteiger partial charge in [-0.1, -0.05) is 23.7 Å². The number of hydrogen-bond donors (Lipinski definition) is 2. The summed E-state index contributed by atoms with van der Waals surface area (Å²) in [6.07, 6.45) is 2.44. The van der Waals surface area contributed by atoms with Crippen LogP contribution < -0.4 is 11.1 Å². The molecular formula is C13H15ClN4O. The number of amides is 1. The number of nitrogens with zero attached hydrogens (tertiary/aromatic N) is 2. The molecule has 0 spiro atoms. The number of halogens is 1. The van der Waals surface area contributed by atoms with E-state index in [4.69, 9.17) is 17.3 Å². The van der Waals surface area contributed by atoms with E-state index in [0.717, 1.165) is 12.0 Å². The van der Waals surface area contributed by atoms with Gasteiger partial charge in [0.1, 0.15) is 12.4 Å². The number of aromatic nitrogens is 2. The first-order valence-electron chi connectivity index (χ1n) is 5.93. The molecular weight excluding hydrogens is 264 g/mol. The van der Waals surface area contributed by atoms with Gasteiger partial charge in [0, 0.05) is 17.8 Å². The molecule has 100 valence electrons. The Bertz CT molecular complexity index is 550. The molecule has 2 rings (SSSR count). The van der Waals surface area contributed by atoms with E-state index in [1.54, 1.807) is 12.3 Å². The Morgan fingerprint density at radius 1 is 1.32 bits per heavy atom. The van der Waals surface area contributed by atoms with E-state index in [1.165, 1.54) is 4.68 Å². The van der Waals surface area contributed by atoms with Gasteiger partial charge in [0.25, 0.3) is 0 Å². The molecule has 0 atom stereocenters. The minimum absolute atomic E-state index is 0.0861. The van der Waals surface area contributed by atoms with E-state index in [0.29, 0.717) is 17.4 Å². The molecule has 0 aliphatic rings. The minimum atomic E-state index is -0.0861. The molecule has 0 saturated heterocycles. The van der Waals surface area contributed by atoms with E-state index in [-0.39, 0.29) is 12.5 Å². The number of nitrogen functional groups attached to an aromatic ring is 1. The van der Waals surface area contributed by atoms with Crippen LogP contribution in [0.5, 0.6) is 0 Å². The van der Waals surface area contributed by atoms with Gasteiger partial charge in [-0.3, -0.25) is 9.48 Å². The first kappa shape index (κ1) is 13.4. The largest absolute Gasteiger partial charge is 0.382 e. The summed E-state index contributed by atoms with van der Waals surface area (Å²) in [5, 5.41) is 7.49. The highest BCUT2D eigenvalue weighted by Gasteiger charge is 2.03. The fourth-order valence-electron chi connectivity index (χ4n) is 1.67. The number of carbonyl (C=O) groups excluding carboxylic acids is 1. The van der Waals surface area contributed by atoms with E-state index in [9.17, 15) is 4.79 Å². The molecule has 6 heteroatoms. The number of hydrogen-bond acceptors (Lipinski definition) is 3. The van der Waals surface area contributed by atoms with Gasteiger partial charge in [-0.25, -0.2) is 0 Å². The predicted molar refractivity (Wildman–Crippen MR) is 74.8 cm³/mol. The second-order valence-electron chi connectivity index (χ2n) is 4.16. The third kappa shape index (κ3) is 4.30. The van der Waals surface area contributed by atoms with Crippen LogP contribution in [-0.4, -0.2) is 22.2 Å². The zero-order chi connectivity index (χ0) is 13.7. The van der Waals surface area contributed by atoms with Crippen LogP contribution in [-0.2, 0) is 17.8 Å². The van der Waals surface area contributed by atoms with Gasteiger partial charge >= 0.3 is 0 Å². The second kappa shape index (κ2) is 6.24. The minimum Gasteiger partial charge on any atom is -0.382 e.